The Hall–Kier alpha value is -2.18. The highest BCUT2D eigenvalue weighted by Crippen LogP contribution is 2.19. The summed E-state index contributed by atoms with van der Waals surface area (Å²) in [4.78, 5) is 24.6. The summed E-state index contributed by atoms with van der Waals surface area (Å²) in [7, 11) is 0. The Morgan fingerprint density at radius 1 is 0.326 bits per heavy atom. The first kappa shape index (κ1) is 83.8. The highest BCUT2D eigenvalue weighted by atomic mass is 16.5. The Balaban J connectivity index is 3.37. The molecule has 2 atom stereocenters. The van der Waals surface area contributed by atoms with E-state index >= 15 is 0 Å². The van der Waals surface area contributed by atoms with Crippen molar-refractivity contribution in [3.8, 4) is 0 Å². The number of unbranched alkanes of at least 4 members (excludes halogenated alkanes) is 56. The normalized spacial score (nSPS) is 12.7. The molecular formula is C80H151NO5. The number of carbonyl (C=O) groups is 2. The first-order chi connectivity index (χ1) is 42.5. The van der Waals surface area contributed by atoms with E-state index < -0.39 is 12.1 Å². The number of rotatable bonds is 73. The van der Waals surface area contributed by atoms with Crippen LogP contribution in [0.1, 0.15) is 425 Å². The van der Waals surface area contributed by atoms with E-state index in [2.05, 4.69) is 55.6 Å². The van der Waals surface area contributed by atoms with Gasteiger partial charge in [0, 0.05) is 12.8 Å². The highest BCUT2D eigenvalue weighted by molar-refractivity contribution is 5.76. The molecular weight excluding hydrogens is 1050 g/mol. The summed E-state index contributed by atoms with van der Waals surface area (Å²) in [5, 5.41) is 23.2. The van der Waals surface area contributed by atoms with Crippen LogP contribution >= 0.6 is 0 Å². The maximum Gasteiger partial charge on any atom is 0.305 e. The van der Waals surface area contributed by atoms with Crippen LogP contribution in [-0.4, -0.2) is 47.4 Å². The molecule has 6 heteroatoms. The summed E-state index contributed by atoms with van der Waals surface area (Å²) < 4.78 is 5.51. The van der Waals surface area contributed by atoms with E-state index in [4.69, 9.17) is 4.74 Å². The fourth-order valence-electron chi connectivity index (χ4n) is 12.1. The first-order valence-electron chi connectivity index (χ1n) is 38.9. The van der Waals surface area contributed by atoms with Crippen LogP contribution in [0.5, 0.6) is 0 Å². The fraction of sp³-hybridized carbons (Fsp3) is 0.875. The van der Waals surface area contributed by atoms with Crippen LogP contribution in [0.2, 0.25) is 0 Å². The van der Waals surface area contributed by atoms with Gasteiger partial charge in [0.25, 0.3) is 0 Å². The first-order valence-corrected chi connectivity index (χ1v) is 38.9. The van der Waals surface area contributed by atoms with E-state index in [0.29, 0.717) is 19.4 Å². The van der Waals surface area contributed by atoms with Crippen LogP contribution in [0.4, 0.5) is 0 Å². The van der Waals surface area contributed by atoms with Gasteiger partial charge in [-0.1, -0.05) is 371 Å². The number of ether oxygens (including phenoxy) is 1. The van der Waals surface area contributed by atoms with Crippen LogP contribution in [0.15, 0.2) is 48.6 Å². The van der Waals surface area contributed by atoms with Gasteiger partial charge in [-0.2, -0.15) is 0 Å². The summed E-state index contributed by atoms with van der Waals surface area (Å²) in [5.41, 5.74) is 0. The lowest BCUT2D eigenvalue weighted by molar-refractivity contribution is -0.143. The average Bonchev–Trinajstić information content (AvgIpc) is 3.54. The van der Waals surface area contributed by atoms with Crippen molar-refractivity contribution < 1.29 is 24.5 Å². The fourth-order valence-corrected chi connectivity index (χ4v) is 12.1. The van der Waals surface area contributed by atoms with Crippen molar-refractivity contribution in [1.82, 2.24) is 5.32 Å². The zero-order chi connectivity index (χ0) is 62.0. The molecule has 0 fully saturated rings. The van der Waals surface area contributed by atoms with Crippen LogP contribution in [-0.2, 0) is 14.3 Å². The minimum absolute atomic E-state index is 0.0115. The van der Waals surface area contributed by atoms with Gasteiger partial charge in [-0.05, 0) is 89.9 Å². The van der Waals surface area contributed by atoms with Gasteiger partial charge in [-0.25, -0.2) is 0 Å². The predicted octanol–water partition coefficient (Wildman–Crippen LogP) is 25.6. The molecule has 0 bridgehead atoms. The molecule has 0 aromatic carbocycles. The summed E-state index contributed by atoms with van der Waals surface area (Å²) >= 11 is 0. The van der Waals surface area contributed by atoms with Crippen molar-refractivity contribution >= 4 is 11.9 Å². The topological polar surface area (TPSA) is 95.9 Å². The Morgan fingerprint density at radius 2 is 0.581 bits per heavy atom. The van der Waals surface area contributed by atoms with Crippen molar-refractivity contribution in [1.29, 1.82) is 0 Å². The maximum atomic E-state index is 12.5. The van der Waals surface area contributed by atoms with Crippen molar-refractivity contribution in [2.45, 2.75) is 437 Å². The molecule has 0 aromatic heterocycles. The molecule has 506 valence electrons. The van der Waals surface area contributed by atoms with Crippen LogP contribution in [0.25, 0.3) is 0 Å². The second-order valence-corrected chi connectivity index (χ2v) is 26.7. The highest BCUT2D eigenvalue weighted by Gasteiger charge is 2.18. The molecule has 3 N–H and O–H groups in total. The van der Waals surface area contributed by atoms with Crippen LogP contribution < -0.4 is 5.32 Å². The molecule has 0 heterocycles. The molecule has 0 saturated carbocycles. The molecule has 0 aliphatic carbocycles. The molecule has 1 amide bonds. The standard InChI is InChI=1S/C80H151NO5/c1-3-5-7-9-11-13-15-17-19-21-40-44-48-52-56-60-64-68-72-78(83)77(76-82)81-79(84)73-69-65-61-57-53-49-45-41-38-36-34-32-30-28-26-24-23-25-27-29-31-33-35-37-39-43-47-51-55-59-63-67-71-75-86-80(85)74-70-66-62-58-54-50-46-42-22-20-18-16-14-12-10-8-6-4-2/h14,16,20,22,27,29,68,72,77-78,82-83H,3-13,15,17-19,21,23-26,28,30-67,69-71,73-76H2,1-2H3,(H,81,84)/b16-14-,22-20-,29-27-,72-68+. The molecule has 0 spiro atoms. The van der Waals surface area contributed by atoms with Gasteiger partial charge in [-0.15, -0.1) is 0 Å². The Labute approximate surface area is 537 Å². The van der Waals surface area contributed by atoms with Gasteiger partial charge >= 0.3 is 5.97 Å². The monoisotopic (exact) mass is 1210 g/mol. The van der Waals surface area contributed by atoms with Crippen LogP contribution in [0, 0.1) is 0 Å². The number of aliphatic hydroxyl groups is 2. The quantitative estimate of drug-likeness (QED) is 0.0320. The number of carbonyl (C=O) groups excluding carboxylic acids is 2. The van der Waals surface area contributed by atoms with E-state index in [1.807, 2.05) is 6.08 Å². The van der Waals surface area contributed by atoms with Crippen LogP contribution in [0.3, 0.4) is 0 Å². The SMILES string of the molecule is CCCCCC/C=C\C/C=C\CCCCCCCCCC(=O)OCCCCCCCCCCCCCC/C=C\CCCCCCCCCCCCCCCCCCCC(=O)NC(CO)C(O)/C=C/CCCCCCCCCCCCCCCCCC. The third-order valence-electron chi connectivity index (χ3n) is 18.1. The molecule has 2 unspecified atom stereocenters. The Morgan fingerprint density at radius 3 is 0.907 bits per heavy atom. The van der Waals surface area contributed by atoms with Gasteiger partial charge in [0.1, 0.15) is 0 Å². The molecule has 0 radical (unpaired) electrons. The molecule has 0 aromatic rings. The summed E-state index contributed by atoms with van der Waals surface area (Å²) in [5.74, 6) is -0.0501. The number of amides is 1. The van der Waals surface area contributed by atoms with Crippen molar-refractivity contribution in [3.63, 3.8) is 0 Å². The predicted molar refractivity (Wildman–Crippen MR) is 379 cm³/mol. The largest absolute Gasteiger partial charge is 0.466 e. The van der Waals surface area contributed by atoms with Gasteiger partial charge in [0.2, 0.25) is 5.91 Å². The summed E-state index contributed by atoms with van der Waals surface area (Å²) in [6.07, 6.45) is 99.4. The molecule has 86 heavy (non-hydrogen) atoms. The minimum Gasteiger partial charge on any atom is -0.466 e. The van der Waals surface area contributed by atoms with Gasteiger partial charge in [-0.3, -0.25) is 9.59 Å². The minimum atomic E-state index is -0.843. The van der Waals surface area contributed by atoms with Gasteiger partial charge in [0.05, 0.1) is 25.4 Å². The van der Waals surface area contributed by atoms with Crippen molar-refractivity contribution in [2.24, 2.45) is 0 Å². The van der Waals surface area contributed by atoms with E-state index in [9.17, 15) is 19.8 Å². The molecule has 0 rings (SSSR count). The van der Waals surface area contributed by atoms with Crippen molar-refractivity contribution in [3.05, 3.63) is 48.6 Å². The average molecular weight is 1210 g/mol. The molecule has 6 nitrogen and oxygen atoms in total. The summed E-state index contributed by atoms with van der Waals surface area (Å²) in [6, 6.07) is -0.627. The lowest BCUT2D eigenvalue weighted by atomic mass is 10.0. The second-order valence-electron chi connectivity index (χ2n) is 26.7. The number of nitrogens with one attached hydrogen (secondary N) is 1. The van der Waals surface area contributed by atoms with E-state index in [1.165, 1.54) is 347 Å². The van der Waals surface area contributed by atoms with E-state index in [-0.39, 0.29) is 18.5 Å². The third kappa shape index (κ3) is 70.9. The Bertz CT molecular complexity index is 1440. The lowest BCUT2D eigenvalue weighted by Crippen LogP contribution is -2.45. The maximum absolute atomic E-state index is 12.5. The van der Waals surface area contributed by atoms with Crippen molar-refractivity contribution in [2.75, 3.05) is 13.2 Å². The smallest absolute Gasteiger partial charge is 0.305 e. The zero-order valence-corrected chi connectivity index (χ0v) is 58.1. The van der Waals surface area contributed by atoms with Gasteiger partial charge in [0.15, 0.2) is 0 Å². The number of hydrogen-bond donors (Lipinski definition) is 3. The number of aliphatic hydroxyl groups excluding tert-OH is 2. The summed E-state index contributed by atoms with van der Waals surface area (Å²) in [6.45, 7) is 4.92. The van der Waals surface area contributed by atoms with Gasteiger partial charge < -0.3 is 20.3 Å². The molecule has 0 aliphatic rings. The Kier molecular flexibility index (Phi) is 73.4. The lowest BCUT2D eigenvalue weighted by Gasteiger charge is -2.20. The number of esters is 1. The second kappa shape index (κ2) is 75.3. The third-order valence-corrected chi connectivity index (χ3v) is 18.1. The number of allylic oxidation sites excluding steroid dienone is 7. The van der Waals surface area contributed by atoms with E-state index in [1.54, 1.807) is 6.08 Å². The molecule has 0 aliphatic heterocycles. The molecule has 0 saturated heterocycles. The number of hydrogen-bond acceptors (Lipinski definition) is 5. The van der Waals surface area contributed by atoms with E-state index in [0.717, 1.165) is 51.4 Å². The zero-order valence-electron chi connectivity index (χ0n) is 58.1.